The van der Waals surface area contributed by atoms with Crippen molar-refractivity contribution in [1.29, 1.82) is 0 Å². The fourth-order valence-corrected chi connectivity index (χ4v) is 1.26. The predicted molar refractivity (Wildman–Crippen MR) is 61.5 cm³/mol. The summed E-state index contributed by atoms with van der Waals surface area (Å²) in [4.78, 5) is 0. The van der Waals surface area contributed by atoms with Crippen LogP contribution in [0.25, 0.3) is 0 Å². The number of hydrogen-bond acceptors (Lipinski definition) is 4. The van der Waals surface area contributed by atoms with Crippen molar-refractivity contribution in [2.75, 3.05) is 13.1 Å². The molecule has 0 amide bonds. The van der Waals surface area contributed by atoms with E-state index in [9.17, 15) is 0 Å². The number of hydrogen-bond donors (Lipinski definition) is 2. The van der Waals surface area contributed by atoms with E-state index in [1.807, 2.05) is 6.07 Å². The molecule has 0 aliphatic heterocycles. The minimum Gasteiger partial charge on any atom is -0.314 e. The molecule has 0 aliphatic rings. The molecule has 0 radical (unpaired) electrons. The van der Waals surface area contributed by atoms with Gasteiger partial charge in [-0.25, -0.2) is 0 Å². The minimum atomic E-state index is 0.578. The summed E-state index contributed by atoms with van der Waals surface area (Å²) in [6.07, 6.45) is 4.66. The molecule has 0 saturated carbocycles. The van der Waals surface area contributed by atoms with Crippen LogP contribution in [0.1, 0.15) is 25.8 Å². The lowest BCUT2D eigenvalue weighted by Gasteiger charge is -2.08. The number of rotatable bonds is 7. The third-order valence-corrected chi connectivity index (χ3v) is 2.06. The number of nitrogens with zero attached hydrogens (tertiary/aromatic N) is 2. The monoisotopic (exact) mass is 208 g/mol. The molecule has 84 valence electrons. The molecule has 1 heterocycles. The van der Waals surface area contributed by atoms with Crippen molar-refractivity contribution in [1.82, 2.24) is 20.8 Å². The summed E-state index contributed by atoms with van der Waals surface area (Å²) in [6.45, 7) is 7.30. The van der Waals surface area contributed by atoms with E-state index in [4.69, 9.17) is 0 Å². The van der Waals surface area contributed by atoms with Crippen molar-refractivity contribution in [3.05, 3.63) is 24.0 Å². The van der Waals surface area contributed by atoms with Gasteiger partial charge >= 0.3 is 0 Å². The molecule has 0 atom stereocenters. The zero-order chi connectivity index (χ0) is 10.9. The Morgan fingerprint density at radius 3 is 2.80 bits per heavy atom. The summed E-state index contributed by atoms with van der Waals surface area (Å²) in [5.41, 5.74) is 1.18. The lowest BCUT2D eigenvalue weighted by atomic mass is 10.3. The fourth-order valence-electron chi connectivity index (χ4n) is 1.26. The normalized spacial score (nSPS) is 10.9. The molecule has 15 heavy (non-hydrogen) atoms. The molecular weight excluding hydrogens is 188 g/mol. The van der Waals surface area contributed by atoms with Crippen molar-refractivity contribution in [3.63, 3.8) is 0 Å². The van der Waals surface area contributed by atoms with Gasteiger partial charge in [0.15, 0.2) is 0 Å². The Morgan fingerprint density at radius 1 is 1.27 bits per heavy atom. The predicted octanol–water partition coefficient (Wildman–Crippen LogP) is 0.954. The first-order valence-corrected chi connectivity index (χ1v) is 5.48. The van der Waals surface area contributed by atoms with Crippen LogP contribution < -0.4 is 10.6 Å². The Kier molecular flexibility index (Phi) is 5.88. The smallest absolute Gasteiger partial charge is 0.0541 e. The summed E-state index contributed by atoms with van der Waals surface area (Å²) >= 11 is 0. The fraction of sp³-hybridized carbons (Fsp3) is 0.636. The Hall–Kier alpha value is -1.00. The maximum Gasteiger partial charge on any atom is 0.0541 e. The quantitative estimate of drug-likeness (QED) is 0.655. The third kappa shape index (κ3) is 6.14. The summed E-state index contributed by atoms with van der Waals surface area (Å²) in [5, 5.41) is 14.3. The van der Waals surface area contributed by atoms with Gasteiger partial charge in [0.1, 0.15) is 0 Å². The van der Waals surface area contributed by atoms with Gasteiger partial charge in [0.05, 0.1) is 6.20 Å². The van der Waals surface area contributed by atoms with E-state index < -0.39 is 0 Å². The molecule has 0 spiro atoms. The van der Waals surface area contributed by atoms with Gasteiger partial charge < -0.3 is 10.6 Å². The van der Waals surface area contributed by atoms with Crippen LogP contribution >= 0.6 is 0 Å². The molecule has 0 fully saturated rings. The summed E-state index contributed by atoms with van der Waals surface area (Å²) < 4.78 is 0. The average molecular weight is 208 g/mol. The van der Waals surface area contributed by atoms with Gasteiger partial charge in [-0.15, -0.1) is 0 Å². The average Bonchev–Trinajstić information content (AvgIpc) is 2.24. The first-order valence-electron chi connectivity index (χ1n) is 5.48. The van der Waals surface area contributed by atoms with Crippen molar-refractivity contribution in [2.45, 2.75) is 32.9 Å². The molecule has 0 bridgehead atoms. The molecule has 4 nitrogen and oxygen atoms in total. The lowest BCUT2D eigenvalue weighted by molar-refractivity contribution is 0.547. The molecule has 0 aliphatic carbocycles. The van der Waals surface area contributed by atoms with Gasteiger partial charge in [0.25, 0.3) is 0 Å². The van der Waals surface area contributed by atoms with E-state index in [1.54, 1.807) is 12.4 Å². The van der Waals surface area contributed by atoms with Crippen molar-refractivity contribution < 1.29 is 0 Å². The second-order valence-electron chi connectivity index (χ2n) is 3.89. The standard InChI is InChI=1S/C11H20N4/c1-10(2)13-6-3-5-12-8-11-4-7-14-15-9-11/h4,7,9-10,12-13H,3,5-6,8H2,1-2H3. The molecule has 2 N–H and O–H groups in total. The van der Waals surface area contributed by atoms with Crippen LogP contribution in [0.2, 0.25) is 0 Å². The number of nitrogens with one attached hydrogen (secondary N) is 2. The first-order chi connectivity index (χ1) is 7.29. The van der Waals surface area contributed by atoms with Crippen molar-refractivity contribution in [2.24, 2.45) is 0 Å². The highest BCUT2D eigenvalue weighted by atomic mass is 15.1. The van der Waals surface area contributed by atoms with E-state index in [-0.39, 0.29) is 0 Å². The highest BCUT2D eigenvalue weighted by molar-refractivity contribution is 5.04. The van der Waals surface area contributed by atoms with Crippen LogP contribution in [-0.4, -0.2) is 29.3 Å². The molecular formula is C11H20N4. The Morgan fingerprint density at radius 2 is 2.13 bits per heavy atom. The Labute approximate surface area is 91.5 Å². The van der Waals surface area contributed by atoms with E-state index in [0.717, 1.165) is 26.1 Å². The maximum atomic E-state index is 3.82. The lowest BCUT2D eigenvalue weighted by Crippen LogP contribution is -2.26. The van der Waals surface area contributed by atoms with Crippen LogP contribution in [-0.2, 0) is 6.54 Å². The maximum absolute atomic E-state index is 3.82. The van der Waals surface area contributed by atoms with Crippen LogP contribution in [0.4, 0.5) is 0 Å². The van der Waals surface area contributed by atoms with Crippen LogP contribution in [0.15, 0.2) is 18.5 Å². The topological polar surface area (TPSA) is 49.8 Å². The Bertz CT molecular complexity index is 248. The second kappa shape index (κ2) is 7.31. The molecule has 0 unspecified atom stereocenters. The summed E-state index contributed by atoms with van der Waals surface area (Å²) in [7, 11) is 0. The second-order valence-corrected chi connectivity index (χ2v) is 3.89. The van der Waals surface area contributed by atoms with Gasteiger partial charge in [-0.3, -0.25) is 0 Å². The van der Waals surface area contributed by atoms with Gasteiger partial charge in [0, 0.05) is 18.8 Å². The largest absolute Gasteiger partial charge is 0.314 e. The van der Waals surface area contributed by atoms with E-state index in [2.05, 4.69) is 34.7 Å². The van der Waals surface area contributed by atoms with Gasteiger partial charge in [-0.1, -0.05) is 13.8 Å². The zero-order valence-corrected chi connectivity index (χ0v) is 9.53. The minimum absolute atomic E-state index is 0.578. The van der Waals surface area contributed by atoms with Gasteiger partial charge in [-0.2, -0.15) is 10.2 Å². The molecule has 0 saturated heterocycles. The SMILES string of the molecule is CC(C)NCCCNCc1ccnnc1. The highest BCUT2D eigenvalue weighted by Crippen LogP contribution is 1.92. The van der Waals surface area contributed by atoms with Crippen LogP contribution in [0.5, 0.6) is 0 Å². The first kappa shape index (κ1) is 12.1. The van der Waals surface area contributed by atoms with E-state index in [1.165, 1.54) is 5.56 Å². The summed E-state index contributed by atoms with van der Waals surface area (Å²) in [5.74, 6) is 0. The third-order valence-electron chi connectivity index (χ3n) is 2.06. The Balaban J connectivity index is 1.98. The molecule has 0 aromatic carbocycles. The molecule has 1 aromatic heterocycles. The van der Waals surface area contributed by atoms with Crippen LogP contribution in [0.3, 0.4) is 0 Å². The molecule has 1 aromatic rings. The van der Waals surface area contributed by atoms with Crippen molar-refractivity contribution >= 4 is 0 Å². The zero-order valence-electron chi connectivity index (χ0n) is 9.53. The van der Waals surface area contributed by atoms with E-state index in [0.29, 0.717) is 6.04 Å². The van der Waals surface area contributed by atoms with Crippen molar-refractivity contribution in [3.8, 4) is 0 Å². The highest BCUT2D eigenvalue weighted by Gasteiger charge is 1.93. The molecule has 1 rings (SSSR count). The summed E-state index contributed by atoms with van der Waals surface area (Å²) in [6, 6.07) is 2.56. The molecule has 4 heteroatoms. The van der Waals surface area contributed by atoms with E-state index >= 15 is 0 Å². The van der Waals surface area contributed by atoms with Crippen LogP contribution in [0, 0.1) is 0 Å². The number of aromatic nitrogens is 2. The van der Waals surface area contributed by atoms with Gasteiger partial charge in [-0.05, 0) is 31.1 Å². The van der Waals surface area contributed by atoms with Gasteiger partial charge in [0.2, 0.25) is 0 Å².